The highest BCUT2D eigenvalue weighted by Crippen LogP contribution is 2.22. The minimum atomic E-state index is -0.412. The fourth-order valence-corrected chi connectivity index (χ4v) is 2.97. The Bertz CT molecular complexity index is 663. The fourth-order valence-electron chi connectivity index (χ4n) is 2.97. The first-order valence-electron chi connectivity index (χ1n) is 8.14. The number of carbonyl (C=O) groups is 1. The normalized spacial score (nSPS) is 15.2. The standard InChI is InChI=1S/C19H21FN2O/c20-15-6-4-5-14(13-15)19(23)22-18-11-9-17(10-12-18)21-16-7-2-1-3-8-16/h4-6,9-13,16,21H,1-3,7-8H2,(H,22,23). The molecule has 0 aromatic heterocycles. The minimum Gasteiger partial charge on any atom is -0.382 e. The van der Waals surface area contributed by atoms with E-state index in [1.54, 1.807) is 6.07 Å². The van der Waals surface area contributed by atoms with E-state index in [-0.39, 0.29) is 5.91 Å². The van der Waals surface area contributed by atoms with Gasteiger partial charge in [0.2, 0.25) is 0 Å². The second kappa shape index (κ2) is 7.27. The maximum atomic E-state index is 13.2. The maximum Gasteiger partial charge on any atom is 0.255 e. The third kappa shape index (κ3) is 4.31. The van der Waals surface area contributed by atoms with E-state index in [0.717, 1.165) is 5.69 Å². The Labute approximate surface area is 135 Å². The Balaban J connectivity index is 1.59. The van der Waals surface area contributed by atoms with Gasteiger partial charge in [-0.3, -0.25) is 4.79 Å². The van der Waals surface area contributed by atoms with Crippen molar-refractivity contribution in [1.29, 1.82) is 0 Å². The van der Waals surface area contributed by atoms with Crippen LogP contribution in [0.1, 0.15) is 42.5 Å². The number of halogens is 1. The summed E-state index contributed by atoms with van der Waals surface area (Å²) in [6.07, 6.45) is 6.36. The summed E-state index contributed by atoms with van der Waals surface area (Å²) in [4.78, 5) is 12.1. The van der Waals surface area contributed by atoms with Crippen LogP contribution in [-0.2, 0) is 0 Å². The van der Waals surface area contributed by atoms with Gasteiger partial charge in [-0.15, -0.1) is 0 Å². The molecule has 0 radical (unpaired) electrons. The van der Waals surface area contributed by atoms with Crippen molar-refractivity contribution in [3.8, 4) is 0 Å². The highest BCUT2D eigenvalue weighted by atomic mass is 19.1. The first-order chi connectivity index (χ1) is 11.2. The van der Waals surface area contributed by atoms with Crippen molar-refractivity contribution < 1.29 is 9.18 Å². The van der Waals surface area contributed by atoms with Crippen LogP contribution in [0.5, 0.6) is 0 Å². The summed E-state index contributed by atoms with van der Waals surface area (Å²) in [7, 11) is 0. The molecule has 0 saturated heterocycles. The zero-order valence-corrected chi connectivity index (χ0v) is 13.0. The van der Waals surface area contributed by atoms with Crippen LogP contribution in [0.25, 0.3) is 0 Å². The summed E-state index contributed by atoms with van der Waals surface area (Å²) in [6.45, 7) is 0. The lowest BCUT2D eigenvalue weighted by molar-refractivity contribution is 0.102. The van der Waals surface area contributed by atoms with E-state index in [9.17, 15) is 9.18 Å². The van der Waals surface area contributed by atoms with E-state index in [1.807, 2.05) is 24.3 Å². The summed E-state index contributed by atoms with van der Waals surface area (Å²) in [6, 6.07) is 13.9. The van der Waals surface area contributed by atoms with Crippen molar-refractivity contribution in [3.05, 3.63) is 59.9 Å². The topological polar surface area (TPSA) is 41.1 Å². The largest absolute Gasteiger partial charge is 0.382 e. The van der Waals surface area contributed by atoms with Crippen molar-refractivity contribution in [2.75, 3.05) is 10.6 Å². The number of rotatable bonds is 4. The molecule has 2 N–H and O–H groups in total. The molecular formula is C19H21FN2O. The van der Waals surface area contributed by atoms with Crippen molar-refractivity contribution >= 4 is 17.3 Å². The molecule has 3 nitrogen and oxygen atoms in total. The highest BCUT2D eigenvalue weighted by Gasteiger charge is 2.13. The SMILES string of the molecule is O=C(Nc1ccc(NC2CCCCC2)cc1)c1cccc(F)c1. The number of benzene rings is 2. The van der Waals surface area contributed by atoms with Crippen molar-refractivity contribution in [2.45, 2.75) is 38.1 Å². The Hall–Kier alpha value is -2.36. The van der Waals surface area contributed by atoms with Gasteiger partial charge in [-0.25, -0.2) is 4.39 Å². The quantitative estimate of drug-likeness (QED) is 0.849. The average molecular weight is 312 g/mol. The molecule has 0 aliphatic heterocycles. The monoisotopic (exact) mass is 312 g/mol. The first-order valence-corrected chi connectivity index (χ1v) is 8.14. The predicted octanol–water partition coefficient (Wildman–Crippen LogP) is 4.82. The molecule has 0 heterocycles. The summed E-state index contributed by atoms with van der Waals surface area (Å²) in [5.74, 6) is -0.720. The number of amides is 1. The van der Waals surface area contributed by atoms with Crippen molar-refractivity contribution in [3.63, 3.8) is 0 Å². The third-order valence-corrected chi connectivity index (χ3v) is 4.21. The van der Waals surface area contributed by atoms with Crippen molar-refractivity contribution in [1.82, 2.24) is 0 Å². The lowest BCUT2D eigenvalue weighted by Crippen LogP contribution is -2.22. The molecule has 3 rings (SSSR count). The Kier molecular flexibility index (Phi) is 4.91. The van der Waals surface area contributed by atoms with Crippen LogP contribution in [-0.4, -0.2) is 11.9 Å². The van der Waals surface area contributed by atoms with Crippen molar-refractivity contribution in [2.24, 2.45) is 0 Å². The van der Waals surface area contributed by atoms with Crippen LogP contribution in [0.2, 0.25) is 0 Å². The van der Waals surface area contributed by atoms with E-state index in [4.69, 9.17) is 0 Å². The molecule has 0 atom stereocenters. The summed E-state index contributed by atoms with van der Waals surface area (Å²) < 4.78 is 13.2. The molecule has 23 heavy (non-hydrogen) atoms. The lowest BCUT2D eigenvalue weighted by Gasteiger charge is -2.23. The molecule has 1 aliphatic rings. The molecule has 1 aliphatic carbocycles. The van der Waals surface area contributed by atoms with Crippen LogP contribution in [0.3, 0.4) is 0 Å². The van der Waals surface area contributed by atoms with Crippen LogP contribution in [0, 0.1) is 5.82 Å². The van der Waals surface area contributed by atoms with Gasteiger partial charge in [-0.2, -0.15) is 0 Å². The second-order valence-corrected chi connectivity index (χ2v) is 6.02. The van der Waals surface area contributed by atoms with E-state index in [0.29, 0.717) is 17.3 Å². The minimum absolute atomic E-state index is 0.308. The molecule has 0 unspecified atom stereocenters. The van der Waals surface area contributed by atoms with Gasteiger partial charge < -0.3 is 10.6 Å². The average Bonchev–Trinajstić information content (AvgIpc) is 2.57. The Morgan fingerprint density at radius 1 is 0.957 bits per heavy atom. The maximum absolute atomic E-state index is 13.2. The fraction of sp³-hybridized carbons (Fsp3) is 0.316. The van der Waals surface area contributed by atoms with Crippen LogP contribution < -0.4 is 10.6 Å². The van der Waals surface area contributed by atoms with Gasteiger partial charge in [0.1, 0.15) is 5.82 Å². The van der Waals surface area contributed by atoms with E-state index < -0.39 is 5.82 Å². The first kappa shape index (κ1) is 15.5. The van der Waals surface area contributed by atoms with Gasteiger partial charge in [0.15, 0.2) is 0 Å². The molecule has 2 aromatic rings. The number of nitrogens with one attached hydrogen (secondary N) is 2. The molecular weight excluding hydrogens is 291 g/mol. The van der Waals surface area contributed by atoms with Gasteiger partial charge in [-0.05, 0) is 55.3 Å². The van der Waals surface area contributed by atoms with Gasteiger partial charge in [0, 0.05) is 23.0 Å². The molecule has 1 saturated carbocycles. The van der Waals surface area contributed by atoms with Crippen LogP contribution >= 0.6 is 0 Å². The third-order valence-electron chi connectivity index (χ3n) is 4.21. The molecule has 1 fully saturated rings. The molecule has 2 aromatic carbocycles. The van der Waals surface area contributed by atoms with E-state index >= 15 is 0 Å². The Morgan fingerprint density at radius 3 is 2.35 bits per heavy atom. The van der Waals surface area contributed by atoms with E-state index in [2.05, 4.69) is 10.6 Å². The molecule has 0 spiro atoms. The van der Waals surface area contributed by atoms with Gasteiger partial charge in [0.05, 0.1) is 0 Å². The smallest absolute Gasteiger partial charge is 0.255 e. The summed E-state index contributed by atoms with van der Waals surface area (Å²) in [5, 5.41) is 6.32. The lowest BCUT2D eigenvalue weighted by atomic mass is 9.95. The van der Waals surface area contributed by atoms with Crippen LogP contribution in [0.4, 0.5) is 15.8 Å². The number of hydrogen-bond acceptors (Lipinski definition) is 2. The summed E-state index contributed by atoms with van der Waals surface area (Å²) >= 11 is 0. The van der Waals surface area contributed by atoms with Gasteiger partial charge >= 0.3 is 0 Å². The van der Waals surface area contributed by atoms with Gasteiger partial charge in [0.25, 0.3) is 5.91 Å². The highest BCUT2D eigenvalue weighted by molar-refractivity contribution is 6.04. The number of hydrogen-bond donors (Lipinski definition) is 2. The molecule has 4 heteroatoms. The zero-order valence-electron chi connectivity index (χ0n) is 13.0. The number of carbonyl (C=O) groups excluding carboxylic acids is 1. The zero-order chi connectivity index (χ0) is 16.1. The molecule has 0 bridgehead atoms. The van der Waals surface area contributed by atoms with E-state index in [1.165, 1.54) is 50.3 Å². The second-order valence-electron chi connectivity index (χ2n) is 6.02. The molecule has 1 amide bonds. The van der Waals surface area contributed by atoms with Gasteiger partial charge in [-0.1, -0.05) is 25.3 Å². The summed E-state index contributed by atoms with van der Waals surface area (Å²) in [5.41, 5.74) is 2.09. The Morgan fingerprint density at radius 2 is 1.65 bits per heavy atom. The number of anilines is 2. The molecule has 120 valence electrons. The predicted molar refractivity (Wildman–Crippen MR) is 91.3 cm³/mol. The van der Waals surface area contributed by atoms with Crippen LogP contribution in [0.15, 0.2) is 48.5 Å².